The van der Waals surface area contributed by atoms with Gasteiger partial charge in [0.25, 0.3) is 0 Å². The SMILES string of the molecule is C=Nc1c(C=C(C)C)c(C#N)c(-c2ccc(S(=O)(=O)N[C@@H](C)C(F)(F)F)cn2)n1-c1cccnn1. The number of sulfonamides is 1. The maximum atomic E-state index is 12.8. The van der Waals surface area contributed by atoms with Gasteiger partial charge in [-0.25, -0.2) is 13.4 Å². The topological polar surface area (TPSA) is 126 Å². The van der Waals surface area contributed by atoms with Gasteiger partial charge in [-0.1, -0.05) is 11.6 Å². The van der Waals surface area contributed by atoms with Crippen molar-refractivity contribution >= 4 is 28.6 Å². The molecule has 0 unspecified atom stereocenters. The first-order valence-electron chi connectivity index (χ1n) is 10.0. The minimum Gasteiger partial charge on any atom is -0.273 e. The number of aliphatic imine (C=N–C) groups is 1. The molecule has 0 radical (unpaired) electrons. The average Bonchev–Trinajstić information content (AvgIpc) is 3.11. The van der Waals surface area contributed by atoms with Crippen molar-refractivity contribution in [3.8, 4) is 23.3 Å². The second-order valence-corrected chi connectivity index (χ2v) is 9.35. The minimum atomic E-state index is -4.75. The van der Waals surface area contributed by atoms with Gasteiger partial charge in [-0.2, -0.15) is 28.3 Å². The molecule has 1 N–H and O–H groups in total. The fraction of sp³-hybridized carbons (Fsp3) is 0.227. The standard InChI is InChI=1S/C22H20F3N7O2S/c1-13(2)10-16-17(11-26)20(32(21(16)27-4)19-6-5-9-29-30-19)18-8-7-15(12-28-18)35(33,34)31-14(3)22(23,24)25/h5-10,12,14,31H,4H2,1-3H3/t14-/m0/s1. The van der Waals surface area contributed by atoms with Gasteiger partial charge in [0.2, 0.25) is 10.0 Å². The highest BCUT2D eigenvalue weighted by atomic mass is 32.2. The highest BCUT2D eigenvalue weighted by Gasteiger charge is 2.39. The first-order valence-corrected chi connectivity index (χ1v) is 11.5. The van der Waals surface area contributed by atoms with Crippen LogP contribution in [0.1, 0.15) is 31.9 Å². The van der Waals surface area contributed by atoms with Gasteiger partial charge < -0.3 is 0 Å². The summed E-state index contributed by atoms with van der Waals surface area (Å²) in [5, 5.41) is 17.9. The minimum absolute atomic E-state index is 0.160. The summed E-state index contributed by atoms with van der Waals surface area (Å²) in [5.41, 5.74) is 1.89. The number of hydrogen-bond donors (Lipinski definition) is 1. The first kappa shape index (κ1) is 25.7. The van der Waals surface area contributed by atoms with Gasteiger partial charge in [-0.3, -0.25) is 9.55 Å². The lowest BCUT2D eigenvalue weighted by Gasteiger charge is -2.17. The van der Waals surface area contributed by atoms with E-state index in [1.165, 1.54) is 16.8 Å². The third-order valence-electron chi connectivity index (χ3n) is 4.78. The maximum Gasteiger partial charge on any atom is 0.404 e. The molecule has 0 spiro atoms. The quantitative estimate of drug-likeness (QED) is 0.482. The Labute approximate surface area is 199 Å². The van der Waals surface area contributed by atoms with Crippen molar-refractivity contribution in [3.05, 3.63) is 53.4 Å². The molecular weight excluding hydrogens is 483 g/mol. The Balaban J connectivity index is 2.22. The van der Waals surface area contributed by atoms with Gasteiger partial charge in [-0.15, -0.1) is 5.10 Å². The van der Waals surface area contributed by atoms with E-state index in [2.05, 4.69) is 33.0 Å². The molecule has 3 aromatic heterocycles. The zero-order valence-corrected chi connectivity index (χ0v) is 19.7. The van der Waals surface area contributed by atoms with Crippen LogP contribution in [-0.2, 0) is 10.0 Å². The summed E-state index contributed by atoms with van der Waals surface area (Å²) in [6.07, 6.45) is -0.643. The van der Waals surface area contributed by atoms with E-state index in [-0.39, 0.29) is 22.8 Å². The average molecular weight is 504 g/mol. The van der Waals surface area contributed by atoms with Crippen LogP contribution >= 0.6 is 0 Å². The fourth-order valence-corrected chi connectivity index (χ4v) is 4.37. The Bertz CT molecular complexity index is 1420. The predicted octanol–water partition coefficient (Wildman–Crippen LogP) is 4.19. The molecule has 182 valence electrons. The van der Waals surface area contributed by atoms with Crippen LogP contribution in [0.2, 0.25) is 0 Å². The number of alkyl halides is 3. The molecule has 0 saturated heterocycles. The van der Waals surface area contributed by atoms with E-state index >= 15 is 0 Å². The molecule has 0 aliphatic rings. The van der Waals surface area contributed by atoms with Gasteiger partial charge >= 0.3 is 6.18 Å². The molecule has 9 nitrogen and oxygen atoms in total. The van der Waals surface area contributed by atoms with Crippen LogP contribution in [-0.4, -0.2) is 47.1 Å². The Morgan fingerprint density at radius 2 is 2.03 bits per heavy atom. The molecule has 35 heavy (non-hydrogen) atoms. The lowest BCUT2D eigenvalue weighted by atomic mass is 10.1. The molecule has 3 rings (SSSR count). The second-order valence-electron chi connectivity index (χ2n) is 7.63. The van der Waals surface area contributed by atoms with Crippen molar-refractivity contribution in [1.82, 2.24) is 24.5 Å². The second kappa shape index (κ2) is 9.77. The van der Waals surface area contributed by atoms with E-state index in [1.54, 1.807) is 22.9 Å². The number of nitrogens with zero attached hydrogens (tertiary/aromatic N) is 6. The van der Waals surface area contributed by atoms with Gasteiger partial charge in [0.15, 0.2) is 5.82 Å². The number of halogens is 3. The third-order valence-corrected chi connectivity index (χ3v) is 6.30. The molecule has 3 heterocycles. The van der Waals surface area contributed by atoms with E-state index in [1.807, 2.05) is 13.8 Å². The number of nitriles is 1. The molecular formula is C22H20F3N7O2S. The summed E-state index contributed by atoms with van der Waals surface area (Å²) in [6.45, 7) is 7.97. The predicted molar refractivity (Wildman–Crippen MR) is 124 cm³/mol. The van der Waals surface area contributed by atoms with Crippen molar-refractivity contribution in [2.75, 3.05) is 0 Å². The zero-order chi connectivity index (χ0) is 26.0. The number of allylic oxidation sites excluding steroid dienone is 1. The number of rotatable bonds is 7. The van der Waals surface area contributed by atoms with Crippen molar-refractivity contribution in [1.29, 1.82) is 5.26 Å². The van der Waals surface area contributed by atoms with Gasteiger partial charge in [0.05, 0.1) is 17.0 Å². The van der Waals surface area contributed by atoms with Crippen LogP contribution < -0.4 is 4.72 Å². The molecule has 0 aliphatic carbocycles. The van der Waals surface area contributed by atoms with Crippen LogP contribution in [0.25, 0.3) is 23.3 Å². The normalized spacial score (nSPS) is 12.6. The van der Waals surface area contributed by atoms with Crippen molar-refractivity contribution in [3.63, 3.8) is 0 Å². The Morgan fingerprint density at radius 1 is 1.31 bits per heavy atom. The van der Waals surface area contributed by atoms with Crippen LogP contribution in [0.5, 0.6) is 0 Å². The Kier molecular flexibility index (Phi) is 7.18. The summed E-state index contributed by atoms with van der Waals surface area (Å²) in [6, 6.07) is 5.47. The molecule has 13 heteroatoms. The Morgan fingerprint density at radius 3 is 2.51 bits per heavy atom. The summed E-state index contributed by atoms with van der Waals surface area (Å²) >= 11 is 0. The molecule has 0 aromatic carbocycles. The van der Waals surface area contributed by atoms with Crippen LogP contribution in [0.4, 0.5) is 19.0 Å². The summed E-state index contributed by atoms with van der Waals surface area (Å²) in [4.78, 5) is 7.75. The largest absolute Gasteiger partial charge is 0.404 e. The van der Waals surface area contributed by atoms with Crippen molar-refractivity contribution in [2.24, 2.45) is 4.99 Å². The first-order chi connectivity index (χ1) is 16.4. The van der Waals surface area contributed by atoms with Crippen LogP contribution in [0.3, 0.4) is 0 Å². The van der Waals surface area contributed by atoms with Gasteiger partial charge in [-0.05, 0) is 51.8 Å². The molecule has 1 atom stereocenters. The Hall–Kier alpha value is -3.89. The highest BCUT2D eigenvalue weighted by molar-refractivity contribution is 7.89. The lowest BCUT2D eigenvalue weighted by molar-refractivity contribution is -0.147. The van der Waals surface area contributed by atoms with Gasteiger partial charge in [0, 0.05) is 18.0 Å². The number of nitrogens with one attached hydrogen (secondary N) is 1. The zero-order valence-electron chi connectivity index (χ0n) is 18.9. The number of aromatic nitrogens is 4. The molecule has 3 aromatic rings. The summed E-state index contributed by atoms with van der Waals surface area (Å²) < 4.78 is 66.4. The van der Waals surface area contributed by atoms with Crippen LogP contribution in [0.15, 0.2) is 52.1 Å². The highest BCUT2D eigenvalue weighted by Crippen LogP contribution is 2.39. The van der Waals surface area contributed by atoms with Crippen LogP contribution in [0, 0.1) is 11.3 Å². The molecule has 0 bridgehead atoms. The molecule has 0 saturated carbocycles. The third kappa shape index (κ3) is 5.28. The monoisotopic (exact) mass is 503 g/mol. The fourth-order valence-electron chi connectivity index (χ4n) is 3.20. The van der Waals surface area contributed by atoms with Crippen molar-refractivity contribution < 1.29 is 21.6 Å². The van der Waals surface area contributed by atoms with E-state index in [0.29, 0.717) is 18.3 Å². The molecule has 0 amide bonds. The van der Waals surface area contributed by atoms with Gasteiger partial charge in [0.1, 0.15) is 22.8 Å². The molecule has 0 aliphatic heterocycles. The van der Waals surface area contributed by atoms with Crippen molar-refractivity contribution in [2.45, 2.75) is 37.9 Å². The lowest BCUT2D eigenvalue weighted by Crippen LogP contribution is -2.42. The summed E-state index contributed by atoms with van der Waals surface area (Å²) in [7, 11) is -4.51. The van der Waals surface area contributed by atoms with E-state index in [4.69, 9.17) is 0 Å². The molecule has 0 fully saturated rings. The van der Waals surface area contributed by atoms with E-state index in [0.717, 1.165) is 17.8 Å². The van der Waals surface area contributed by atoms with E-state index < -0.39 is 27.1 Å². The summed E-state index contributed by atoms with van der Waals surface area (Å²) in [5.74, 6) is 0.589. The number of pyridine rings is 1. The smallest absolute Gasteiger partial charge is 0.273 e. The maximum absolute atomic E-state index is 12.8. The number of hydrogen-bond acceptors (Lipinski definition) is 7. The van der Waals surface area contributed by atoms with E-state index in [9.17, 15) is 26.9 Å².